The number of unbranched alkanes of at least 4 members (excludes halogenated alkanes) is 8. The molecular weight excluding hydrogens is 468 g/mol. The molecule has 0 aliphatic heterocycles. The van der Waals surface area contributed by atoms with Crippen molar-refractivity contribution in [3.05, 3.63) is 0 Å². The van der Waals surface area contributed by atoms with Gasteiger partial charge in [0.15, 0.2) is 0 Å². The van der Waals surface area contributed by atoms with Gasteiger partial charge in [-0.05, 0) is 51.4 Å². The van der Waals surface area contributed by atoms with Crippen LogP contribution in [0.25, 0.3) is 0 Å². The van der Waals surface area contributed by atoms with Crippen molar-refractivity contribution in [2.45, 2.75) is 158 Å². The van der Waals surface area contributed by atoms with Gasteiger partial charge in [0, 0.05) is 37.7 Å². The molecule has 0 atom stereocenters. The summed E-state index contributed by atoms with van der Waals surface area (Å²) in [6.45, 7) is 30.0. The Hall–Kier alpha value is 1.14. The molecule has 4 heteroatoms. The van der Waals surface area contributed by atoms with Gasteiger partial charge in [-0.2, -0.15) is 0 Å². The minimum Gasteiger partial charge on any atom is -2.00 e. The molecule has 0 bridgehead atoms. The molecule has 0 saturated carbocycles. The summed E-state index contributed by atoms with van der Waals surface area (Å²) in [5.74, 6) is 0. The first-order valence-electron chi connectivity index (χ1n) is 16.2. The van der Waals surface area contributed by atoms with Crippen molar-refractivity contribution in [2.75, 3.05) is 52.4 Å². The smallest absolute Gasteiger partial charge is 0.0786 e. The molecule has 0 unspecified atom stereocenters. The fraction of sp³-hybridized carbons (Fsp3) is 1.00. The number of nitrogens with zero attached hydrogens (tertiary/aromatic N) is 2. The molecule has 3 nitrogen and oxygen atoms in total. The maximum Gasteiger partial charge on any atom is 0.0786 e. The second-order valence-electron chi connectivity index (χ2n) is 11.3. The van der Waals surface area contributed by atoms with Crippen LogP contribution in [0, 0.1) is 37.7 Å². The first-order chi connectivity index (χ1) is 16.5. The molecule has 0 spiro atoms. The van der Waals surface area contributed by atoms with Crippen LogP contribution in [0.2, 0.25) is 0 Å². The SMILES string of the molecule is CCCC[N+](CCCC)(CCCC)CCCC.CCCC[N+](CCCC)(CCCC)CCCC.[Ar].[O-2]. The van der Waals surface area contributed by atoms with Gasteiger partial charge in [0.1, 0.15) is 0 Å². The van der Waals surface area contributed by atoms with Crippen molar-refractivity contribution in [3.63, 3.8) is 0 Å². The Morgan fingerprint density at radius 3 is 0.472 bits per heavy atom. The van der Waals surface area contributed by atoms with Crippen LogP contribution in [0.15, 0.2) is 0 Å². The van der Waals surface area contributed by atoms with Crippen molar-refractivity contribution in [2.24, 2.45) is 0 Å². The van der Waals surface area contributed by atoms with E-state index in [1.807, 2.05) is 0 Å². The zero-order chi connectivity index (χ0) is 26.0. The Balaban J connectivity index is -0.000000269. The third-order valence-electron chi connectivity index (χ3n) is 7.89. The standard InChI is InChI=1S/2C16H36N.Ar.O/c2*1-5-9-13-17(14-10-6-2,15-11-7-3)16-12-8-4;;/h2*5-16H2,1-4H3;;/q2*+1;;-2. The van der Waals surface area contributed by atoms with E-state index in [-0.39, 0.29) is 43.2 Å². The van der Waals surface area contributed by atoms with Crippen molar-refractivity contribution in [3.8, 4) is 0 Å². The van der Waals surface area contributed by atoms with Gasteiger partial charge in [0.25, 0.3) is 0 Å². The van der Waals surface area contributed by atoms with Gasteiger partial charge < -0.3 is 14.4 Å². The zero-order valence-electron chi connectivity index (χ0n) is 26.6. The Labute approximate surface area is 261 Å². The molecule has 0 heterocycles. The van der Waals surface area contributed by atoms with Crippen molar-refractivity contribution >= 4 is 0 Å². The minimum atomic E-state index is 0. The molecule has 0 aromatic rings. The molecule has 0 aliphatic rings. The van der Waals surface area contributed by atoms with Gasteiger partial charge in [0.2, 0.25) is 0 Å². The Morgan fingerprint density at radius 1 is 0.278 bits per heavy atom. The molecular formula is C32H72ArN2O. The maximum atomic E-state index is 2.33. The Kier molecular flexibility index (Phi) is 39.7. The number of hydrogen-bond acceptors (Lipinski definition) is 0. The second-order valence-corrected chi connectivity index (χ2v) is 11.3. The monoisotopic (exact) mass is 541 g/mol. The zero-order valence-corrected chi connectivity index (χ0v) is 27.3. The van der Waals surface area contributed by atoms with Crippen LogP contribution >= 0.6 is 0 Å². The van der Waals surface area contributed by atoms with E-state index in [2.05, 4.69) is 55.4 Å². The second kappa shape index (κ2) is 32.4. The molecule has 0 radical (unpaired) electrons. The average molecular weight is 541 g/mol. The van der Waals surface area contributed by atoms with E-state index < -0.39 is 0 Å². The first-order valence-corrected chi connectivity index (χ1v) is 16.2. The van der Waals surface area contributed by atoms with Gasteiger partial charge in [-0.15, -0.1) is 0 Å². The largest absolute Gasteiger partial charge is 2.00 e. The van der Waals surface area contributed by atoms with E-state index in [1.165, 1.54) is 164 Å². The molecule has 0 aromatic carbocycles. The van der Waals surface area contributed by atoms with Crippen LogP contribution in [-0.4, -0.2) is 61.3 Å². The number of rotatable bonds is 24. The normalized spacial score (nSPS) is 11.3. The Bertz CT molecular complexity index is 281. The predicted molar refractivity (Wildman–Crippen MR) is 159 cm³/mol. The summed E-state index contributed by atoms with van der Waals surface area (Å²) in [5.41, 5.74) is 0. The topological polar surface area (TPSA) is 28.5 Å². The summed E-state index contributed by atoms with van der Waals surface area (Å²) in [7, 11) is 0. The summed E-state index contributed by atoms with van der Waals surface area (Å²) in [5, 5.41) is 0. The summed E-state index contributed by atoms with van der Waals surface area (Å²) in [4.78, 5) is 0. The van der Waals surface area contributed by atoms with Crippen LogP contribution in [0.1, 0.15) is 158 Å². The average Bonchev–Trinajstić information content (AvgIpc) is 2.87. The molecule has 0 amide bonds. The van der Waals surface area contributed by atoms with Crippen LogP contribution < -0.4 is 0 Å². The third-order valence-corrected chi connectivity index (χ3v) is 7.89. The molecule has 0 aliphatic carbocycles. The maximum absolute atomic E-state index is 2.33. The molecule has 36 heavy (non-hydrogen) atoms. The van der Waals surface area contributed by atoms with E-state index in [0.717, 1.165) is 0 Å². The van der Waals surface area contributed by atoms with E-state index >= 15 is 0 Å². The first kappa shape index (κ1) is 44.2. The quantitative estimate of drug-likeness (QED) is 0.109. The van der Waals surface area contributed by atoms with Gasteiger partial charge in [-0.1, -0.05) is 107 Å². The van der Waals surface area contributed by atoms with E-state index in [0.29, 0.717) is 0 Å². The van der Waals surface area contributed by atoms with Crippen molar-refractivity contribution < 1.29 is 52.2 Å². The molecule has 0 fully saturated rings. The fourth-order valence-corrected chi connectivity index (χ4v) is 5.29. The molecule has 0 aromatic heterocycles. The Morgan fingerprint density at radius 2 is 0.389 bits per heavy atom. The number of quaternary nitrogens is 2. The summed E-state index contributed by atoms with van der Waals surface area (Å²) < 4.78 is 2.84. The van der Waals surface area contributed by atoms with Gasteiger partial charge in [-0.25, -0.2) is 0 Å². The molecule has 0 N–H and O–H groups in total. The van der Waals surface area contributed by atoms with Crippen molar-refractivity contribution in [1.82, 2.24) is 0 Å². The molecule has 0 saturated heterocycles. The van der Waals surface area contributed by atoms with Crippen LogP contribution in [0.3, 0.4) is 0 Å². The van der Waals surface area contributed by atoms with E-state index in [4.69, 9.17) is 0 Å². The van der Waals surface area contributed by atoms with Gasteiger partial charge in [0.05, 0.1) is 52.4 Å². The van der Waals surface area contributed by atoms with Crippen LogP contribution in [0.5, 0.6) is 0 Å². The van der Waals surface area contributed by atoms with Gasteiger partial charge in [-0.3, -0.25) is 0 Å². The third kappa shape index (κ3) is 24.2. The fourth-order valence-electron chi connectivity index (χ4n) is 5.29. The van der Waals surface area contributed by atoms with Gasteiger partial charge >= 0.3 is 0 Å². The predicted octanol–water partition coefficient (Wildman–Crippen LogP) is 9.89. The van der Waals surface area contributed by atoms with E-state index in [1.54, 1.807) is 0 Å². The molecule has 224 valence electrons. The molecule has 0 rings (SSSR count). The summed E-state index contributed by atoms with van der Waals surface area (Å²) >= 11 is 0. The minimum absolute atomic E-state index is 0. The summed E-state index contributed by atoms with van der Waals surface area (Å²) in [6, 6.07) is 0. The van der Waals surface area contributed by atoms with Crippen LogP contribution in [-0.2, 0) is 5.48 Å². The number of hydrogen-bond donors (Lipinski definition) is 0. The summed E-state index contributed by atoms with van der Waals surface area (Å²) in [6.07, 6.45) is 22.1. The van der Waals surface area contributed by atoms with E-state index in [9.17, 15) is 0 Å². The van der Waals surface area contributed by atoms with Crippen molar-refractivity contribution in [1.29, 1.82) is 0 Å². The van der Waals surface area contributed by atoms with Crippen LogP contribution in [0.4, 0.5) is 0 Å².